The fourth-order valence-corrected chi connectivity index (χ4v) is 2.79. The molecule has 0 amide bonds. The molecule has 0 aromatic heterocycles. The average Bonchev–Trinajstić information content (AvgIpc) is 2.70. The first-order valence-electron chi connectivity index (χ1n) is 7.11. The molecule has 1 saturated heterocycles. The average molecular weight is 211 g/mol. The molecule has 0 aromatic rings. The van der Waals surface area contributed by atoms with Crippen LogP contribution in [-0.2, 0) is 0 Å². The summed E-state index contributed by atoms with van der Waals surface area (Å²) in [6, 6.07) is 0.848. The van der Waals surface area contributed by atoms with Crippen LogP contribution in [0.25, 0.3) is 0 Å². The van der Waals surface area contributed by atoms with Crippen LogP contribution < -0.4 is 5.32 Å². The Morgan fingerprint density at radius 3 is 2.47 bits per heavy atom. The highest BCUT2D eigenvalue weighted by Crippen LogP contribution is 2.23. The van der Waals surface area contributed by atoms with Crippen LogP contribution in [0.4, 0.5) is 0 Å². The maximum absolute atomic E-state index is 3.66. The van der Waals surface area contributed by atoms with Gasteiger partial charge in [0.15, 0.2) is 0 Å². The van der Waals surface area contributed by atoms with Crippen LogP contribution in [0.1, 0.15) is 71.6 Å². The van der Waals surface area contributed by atoms with Crippen molar-refractivity contribution in [2.45, 2.75) is 77.7 Å². The SMILES string of the molecule is CCCCCCCCC1NCCC1CC. The Balaban J connectivity index is 1.95. The van der Waals surface area contributed by atoms with Gasteiger partial charge < -0.3 is 5.32 Å². The maximum atomic E-state index is 3.66. The zero-order chi connectivity index (χ0) is 10.9. The van der Waals surface area contributed by atoms with E-state index in [0.29, 0.717) is 0 Å². The standard InChI is InChI=1S/C14H29N/c1-3-5-6-7-8-9-10-14-13(4-2)11-12-15-14/h13-15H,3-12H2,1-2H3. The first kappa shape index (κ1) is 13.0. The minimum atomic E-state index is 0.848. The highest BCUT2D eigenvalue weighted by atomic mass is 14.9. The monoisotopic (exact) mass is 211 g/mol. The van der Waals surface area contributed by atoms with Gasteiger partial charge in [-0.25, -0.2) is 0 Å². The van der Waals surface area contributed by atoms with E-state index in [9.17, 15) is 0 Å². The van der Waals surface area contributed by atoms with Gasteiger partial charge in [-0.15, -0.1) is 0 Å². The van der Waals surface area contributed by atoms with Crippen molar-refractivity contribution in [1.29, 1.82) is 0 Å². The molecule has 1 aliphatic heterocycles. The summed E-state index contributed by atoms with van der Waals surface area (Å²) in [5.41, 5.74) is 0. The largest absolute Gasteiger partial charge is 0.314 e. The van der Waals surface area contributed by atoms with E-state index >= 15 is 0 Å². The van der Waals surface area contributed by atoms with Crippen molar-refractivity contribution < 1.29 is 0 Å². The van der Waals surface area contributed by atoms with Crippen LogP contribution in [0, 0.1) is 5.92 Å². The molecule has 1 rings (SSSR count). The van der Waals surface area contributed by atoms with Gasteiger partial charge in [-0.3, -0.25) is 0 Å². The Kier molecular flexibility index (Phi) is 7.08. The van der Waals surface area contributed by atoms with Gasteiger partial charge in [-0.1, -0.05) is 58.8 Å². The van der Waals surface area contributed by atoms with Crippen molar-refractivity contribution in [2.75, 3.05) is 6.54 Å². The molecule has 0 radical (unpaired) electrons. The van der Waals surface area contributed by atoms with Gasteiger partial charge >= 0.3 is 0 Å². The lowest BCUT2D eigenvalue weighted by Crippen LogP contribution is -2.26. The topological polar surface area (TPSA) is 12.0 Å². The molecule has 1 heterocycles. The maximum Gasteiger partial charge on any atom is 0.00956 e. The van der Waals surface area contributed by atoms with E-state index in [4.69, 9.17) is 0 Å². The fraction of sp³-hybridized carbons (Fsp3) is 1.00. The molecule has 0 bridgehead atoms. The Labute approximate surface area is 96.0 Å². The molecule has 0 aliphatic carbocycles. The molecular weight excluding hydrogens is 182 g/mol. The van der Waals surface area contributed by atoms with Crippen LogP contribution in [0.15, 0.2) is 0 Å². The molecule has 1 nitrogen and oxygen atoms in total. The number of unbranched alkanes of at least 4 members (excludes halogenated alkanes) is 5. The summed E-state index contributed by atoms with van der Waals surface area (Å²) in [6.07, 6.45) is 12.8. The number of hydrogen-bond donors (Lipinski definition) is 1. The highest BCUT2D eigenvalue weighted by molar-refractivity contribution is 4.82. The van der Waals surface area contributed by atoms with Gasteiger partial charge in [0.2, 0.25) is 0 Å². The quantitative estimate of drug-likeness (QED) is 0.595. The van der Waals surface area contributed by atoms with Crippen molar-refractivity contribution in [1.82, 2.24) is 5.32 Å². The third-order valence-corrected chi connectivity index (χ3v) is 3.88. The van der Waals surface area contributed by atoms with Gasteiger partial charge in [-0.05, 0) is 25.3 Å². The lowest BCUT2D eigenvalue weighted by Gasteiger charge is -2.17. The van der Waals surface area contributed by atoms with E-state index in [0.717, 1.165) is 12.0 Å². The zero-order valence-corrected chi connectivity index (χ0v) is 10.7. The van der Waals surface area contributed by atoms with E-state index in [1.807, 2.05) is 0 Å². The first-order chi connectivity index (χ1) is 7.38. The smallest absolute Gasteiger partial charge is 0.00956 e. The van der Waals surface area contributed by atoms with Crippen LogP contribution in [0.5, 0.6) is 0 Å². The lowest BCUT2D eigenvalue weighted by molar-refractivity contribution is 0.396. The van der Waals surface area contributed by atoms with Crippen LogP contribution in [-0.4, -0.2) is 12.6 Å². The summed E-state index contributed by atoms with van der Waals surface area (Å²) in [4.78, 5) is 0. The molecule has 1 N–H and O–H groups in total. The van der Waals surface area contributed by atoms with Gasteiger partial charge in [0.05, 0.1) is 0 Å². The third-order valence-electron chi connectivity index (χ3n) is 3.88. The second-order valence-corrected chi connectivity index (χ2v) is 5.07. The number of hydrogen-bond acceptors (Lipinski definition) is 1. The van der Waals surface area contributed by atoms with Crippen molar-refractivity contribution in [3.8, 4) is 0 Å². The molecule has 0 spiro atoms. The summed E-state index contributed by atoms with van der Waals surface area (Å²) in [5.74, 6) is 0.973. The second kappa shape index (κ2) is 8.15. The highest BCUT2D eigenvalue weighted by Gasteiger charge is 2.23. The molecule has 2 unspecified atom stereocenters. The molecular formula is C14H29N. The van der Waals surface area contributed by atoms with E-state index in [1.54, 1.807) is 0 Å². The molecule has 1 aliphatic rings. The second-order valence-electron chi connectivity index (χ2n) is 5.07. The number of nitrogens with one attached hydrogen (secondary N) is 1. The summed E-state index contributed by atoms with van der Waals surface area (Å²) >= 11 is 0. The van der Waals surface area contributed by atoms with Crippen LogP contribution >= 0.6 is 0 Å². The summed E-state index contributed by atoms with van der Waals surface area (Å²) < 4.78 is 0. The Morgan fingerprint density at radius 2 is 1.73 bits per heavy atom. The molecule has 0 saturated carbocycles. The molecule has 15 heavy (non-hydrogen) atoms. The van der Waals surface area contributed by atoms with Gasteiger partial charge in [-0.2, -0.15) is 0 Å². The van der Waals surface area contributed by atoms with Gasteiger partial charge in [0.25, 0.3) is 0 Å². The van der Waals surface area contributed by atoms with Gasteiger partial charge in [0, 0.05) is 6.04 Å². The predicted octanol–water partition coefficient (Wildman–Crippen LogP) is 4.13. The predicted molar refractivity (Wildman–Crippen MR) is 68.2 cm³/mol. The van der Waals surface area contributed by atoms with Crippen LogP contribution in [0.3, 0.4) is 0 Å². The minimum absolute atomic E-state index is 0.848. The third kappa shape index (κ3) is 5.01. The Morgan fingerprint density at radius 1 is 1.00 bits per heavy atom. The summed E-state index contributed by atoms with van der Waals surface area (Å²) in [6.45, 7) is 5.89. The molecule has 0 aromatic carbocycles. The molecule has 1 fully saturated rings. The first-order valence-corrected chi connectivity index (χ1v) is 7.11. The molecule has 1 heteroatoms. The van der Waals surface area contributed by atoms with Crippen molar-refractivity contribution in [2.24, 2.45) is 5.92 Å². The van der Waals surface area contributed by atoms with E-state index in [2.05, 4.69) is 19.2 Å². The van der Waals surface area contributed by atoms with E-state index in [-0.39, 0.29) is 0 Å². The van der Waals surface area contributed by atoms with Crippen molar-refractivity contribution in [3.05, 3.63) is 0 Å². The number of rotatable bonds is 8. The minimum Gasteiger partial charge on any atom is -0.314 e. The summed E-state index contributed by atoms with van der Waals surface area (Å²) in [7, 11) is 0. The van der Waals surface area contributed by atoms with E-state index in [1.165, 1.54) is 64.3 Å². The zero-order valence-electron chi connectivity index (χ0n) is 10.7. The molecule has 90 valence electrons. The fourth-order valence-electron chi connectivity index (χ4n) is 2.79. The summed E-state index contributed by atoms with van der Waals surface area (Å²) in [5, 5.41) is 3.66. The lowest BCUT2D eigenvalue weighted by atomic mass is 9.93. The van der Waals surface area contributed by atoms with Crippen molar-refractivity contribution in [3.63, 3.8) is 0 Å². The Bertz CT molecular complexity index is 144. The molecule has 2 atom stereocenters. The van der Waals surface area contributed by atoms with Gasteiger partial charge in [0.1, 0.15) is 0 Å². The van der Waals surface area contributed by atoms with E-state index < -0.39 is 0 Å². The Hall–Kier alpha value is -0.0400. The van der Waals surface area contributed by atoms with Crippen molar-refractivity contribution >= 4 is 0 Å². The van der Waals surface area contributed by atoms with Crippen LogP contribution in [0.2, 0.25) is 0 Å². The normalized spacial score (nSPS) is 26.0.